The van der Waals surface area contributed by atoms with Crippen molar-refractivity contribution in [3.05, 3.63) is 23.8 Å². The highest BCUT2D eigenvalue weighted by atomic mass is 16.3. The van der Waals surface area contributed by atoms with E-state index in [9.17, 15) is 9.90 Å². The number of benzene rings is 1. The summed E-state index contributed by atoms with van der Waals surface area (Å²) in [6, 6.07) is 5.25. The molecule has 1 saturated heterocycles. The quantitative estimate of drug-likeness (QED) is 0.691. The van der Waals surface area contributed by atoms with Gasteiger partial charge in [0.1, 0.15) is 0 Å². The lowest BCUT2D eigenvalue weighted by Crippen LogP contribution is -2.43. The van der Waals surface area contributed by atoms with Crippen LogP contribution in [0.3, 0.4) is 0 Å². The van der Waals surface area contributed by atoms with Gasteiger partial charge in [0.25, 0.3) is 5.91 Å². The minimum absolute atomic E-state index is 0.136. The second-order valence-corrected chi connectivity index (χ2v) is 5.14. The Hall–Kier alpha value is -1.75. The molecule has 1 amide bonds. The standard InChI is InChI=1S/C14H21N3O2/c1-9-5-6-17(8-13(9)18)12-7-10(15)3-4-11(12)14(19)16-2/h3-4,7,9,13,18H,5-6,8,15H2,1-2H3,(H,16,19). The van der Waals surface area contributed by atoms with E-state index in [1.807, 2.05) is 11.8 Å². The third kappa shape index (κ3) is 2.81. The van der Waals surface area contributed by atoms with Crippen molar-refractivity contribution in [1.82, 2.24) is 5.32 Å². The summed E-state index contributed by atoms with van der Waals surface area (Å²) in [4.78, 5) is 13.9. The fourth-order valence-electron chi connectivity index (χ4n) is 2.40. The largest absolute Gasteiger partial charge is 0.399 e. The normalized spacial score (nSPS) is 23.2. The van der Waals surface area contributed by atoms with Crippen LogP contribution < -0.4 is 16.0 Å². The first-order chi connectivity index (χ1) is 9.02. The third-order valence-corrected chi connectivity index (χ3v) is 3.75. The fourth-order valence-corrected chi connectivity index (χ4v) is 2.40. The van der Waals surface area contributed by atoms with E-state index < -0.39 is 0 Å². The maximum atomic E-state index is 11.9. The molecule has 0 spiro atoms. The summed E-state index contributed by atoms with van der Waals surface area (Å²) < 4.78 is 0. The number of piperidine rings is 1. The lowest BCUT2D eigenvalue weighted by molar-refractivity contribution is 0.0956. The van der Waals surface area contributed by atoms with Crippen LogP contribution in [0.4, 0.5) is 11.4 Å². The Morgan fingerprint density at radius 3 is 2.89 bits per heavy atom. The second kappa shape index (κ2) is 5.48. The number of hydrogen-bond donors (Lipinski definition) is 3. The van der Waals surface area contributed by atoms with Crippen LogP contribution in [0.1, 0.15) is 23.7 Å². The van der Waals surface area contributed by atoms with Crippen LogP contribution in [-0.4, -0.2) is 37.3 Å². The zero-order valence-corrected chi connectivity index (χ0v) is 11.4. The van der Waals surface area contributed by atoms with Crippen LogP contribution in [-0.2, 0) is 0 Å². The highest BCUT2D eigenvalue weighted by Crippen LogP contribution is 2.28. The summed E-state index contributed by atoms with van der Waals surface area (Å²) >= 11 is 0. The van der Waals surface area contributed by atoms with Gasteiger partial charge in [-0.2, -0.15) is 0 Å². The first kappa shape index (κ1) is 13.7. The second-order valence-electron chi connectivity index (χ2n) is 5.14. The van der Waals surface area contributed by atoms with E-state index >= 15 is 0 Å². The van der Waals surface area contributed by atoms with Gasteiger partial charge in [0.05, 0.1) is 17.4 Å². The van der Waals surface area contributed by atoms with Gasteiger partial charge in [-0.3, -0.25) is 4.79 Å². The number of nitrogens with two attached hydrogens (primary N) is 1. The molecule has 0 aliphatic carbocycles. The van der Waals surface area contributed by atoms with E-state index in [2.05, 4.69) is 5.32 Å². The Balaban J connectivity index is 2.32. The number of carbonyl (C=O) groups is 1. The summed E-state index contributed by atoms with van der Waals surface area (Å²) in [5, 5.41) is 12.6. The number of amides is 1. The smallest absolute Gasteiger partial charge is 0.253 e. The molecule has 0 bridgehead atoms. The molecular weight excluding hydrogens is 242 g/mol. The van der Waals surface area contributed by atoms with Gasteiger partial charge in [-0.25, -0.2) is 0 Å². The molecule has 104 valence electrons. The number of nitrogens with zero attached hydrogens (tertiary/aromatic N) is 1. The maximum Gasteiger partial charge on any atom is 0.253 e. The molecule has 1 heterocycles. The van der Waals surface area contributed by atoms with Gasteiger partial charge >= 0.3 is 0 Å². The first-order valence-electron chi connectivity index (χ1n) is 6.57. The maximum absolute atomic E-state index is 11.9. The van der Waals surface area contributed by atoms with E-state index in [4.69, 9.17) is 5.73 Å². The number of rotatable bonds is 2. The fraction of sp³-hybridized carbons (Fsp3) is 0.500. The monoisotopic (exact) mass is 263 g/mol. The number of nitrogens with one attached hydrogen (secondary N) is 1. The first-order valence-corrected chi connectivity index (χ1v) is 6.57. The van der Waals surface area contributed by atoms with Gasteiger partial charge in [0.15, 0.2) is 0 Å². The SMILES string of the molecule is CNC(=O)c1ccc(N)cc1N1CCC(C)C(O)C1. The van der Waals surface area contributed by atoms with Crippen molar-refractivity contribution in [2.24, 2.45) is 5.92 Å². The highest BCUT2D eigenvalue weighted by molar-refractivity contribution is 6.00. The number of aliphatic hydroxyl groups excluding tert-OH is 1. The molecule has 0 radical (unpaired) electrons. The summed E-state index contributed by atoms with van der Waals surface area (Å²) in [5.41, 5.74) is 7.83. The van der Waals surface area contributed by atoms with E-state index in [0.29, 0.717) is 23.7 Å². The molecule has 4 N–H and O–H groups in total. The molecule has 2 rings (SSSR count). The Morgan fingerprint density at radius 2 is 2.26 bits per heavy atom. The van der Waals surface area contributed by atoms with Crippen molar-refractivity contribution < 1.29 is 9.90 Å². The molecule has 5 heteroatoms. The zero-order valence-electron chi connectivity index (χ0n) is 11.4. The van der Waals surface area contributed by atoms with Gasteiger partial charge < -0.3 is 21.1 Å². The molecule has 1 aliphatic rings. The van der Waals surface area contributed by atoms with Crippen molar-refractivity contribution in [3.63, 3.8) is 0 Å². The van der Waals surface area contributed by atoms with Crippen molar-refractivity contribution in [2.75, 3.05) is 30.8 Å². The highest BCUT2D eigenvalue weighted by Gasteiger charge is 2.26. The minimum Gasteiger partial charge on any atom is -0.399 e. The van der Waals surface area contributed by atoms with Crippen molar-refractivity contribution in [3.8, 4) is 0 Å². The van der Waals surface area contributed by atoms with Gasteiger partial charge in [-0.15, -0.1) is 0 Å². The molecule has 5 nitrogen and oxygen atoms in total. The minimum atomic E-state index is -0.368. The molecule has 1 fully saturated rings. The molecule has 1 aliphatic heterocycles. The molecular formula is C14H21N3O2. The Morgan fingerprint density at radius 1 is 1.53 bits per heavy atom. The summed E-state index contributed by atoms with van der Waals surface area (Å²) in [6.07, 6.45) is 0.538. The van der Waals surface area contributed by atoms with Crippen molar-refractivity contribution in [2.45, 2.75) is 19.4 Å². The summed E-state index contributed by atoms with van der Waals surface area (Å²) in [6.45, 7) is 3.40. The lowest BCUT2D eigenvalue weighted by atomic mass is 9.95. The molecule has 0 saturated carbocycles. The van der Waals surface area contributed by atoms with E-state index in [1.165, 1.54) is 0 Å². The number of hydrogen-bond acceptors (Lipinski definition) is 4. The van der Waals surface area contributed by atoms with Crippen LogP contribution in [0, 0.1) is 5.92 Å². The number of carbonyl (C=O) groups excluding carboxylic acids is 1. The molecule has 2 atom stereocenters. The zero-order chi connectivity index (χ0) is 14.0. The average molecular weight is 263 g/mol. The number of β-amino-alcohol motifs (C(OH)–C–C–N with tert-alkyl or cyclic N) is 1. The molecule has 1 aromatic carbocycles. The van der Waals surface area contributed by atoms with Gasteiger partial charge in [0, 0.05) is 25.8 Å². The molecule has 19 heavy (non-hydrogen) atoms. The number of anilines is 2. The predicted molar refractivity (Wildman–Crippen MR) is 76.2 cm³/mol. The van der Waals surface area contributed by atoms with E-state index in [0.717, 1.165) is 18.7 Å². The van der Waals surface area contributed by atoms with Crippen LogP contribution in [0.2, 0.25) is 0 Å². The van der Waals surface area contributed by atoms with Gasteiger partial charge in [-0.05, 0) is 30.5 Å². The molecule has 0 aromatic heterocycles. The van der Waals surface area contributed by atoms with Crippen LogP contribution in [0.25, 0.3) is 0 Å². The van der Waals surface area contributed by atoms with E-state index in [1.54, 1.807) is 25.2 Å². The number of aliphatic hydroxyl groups is 1. The van der Waals surface area contributed by atoms with Crippen LogP contribution in [0.15, 0.2) is 18.2 Å². The Bertz CT molecular complexity index is 476. The lowest BCUT2D eigenvalue weighted by Gasteiger charge is -2.36. The molecule has 2 unspecified atom stereocenters. The van der Waals surface area contributed by atoms with Gasteiger partial charge in [0.2, 0.25) is 0 Å². The van der Waals surface area contributed by atoms with Gasteiger partial charge in [-0.1, -0.05) is 6.92 Å². The van der Waals surface area contributed by atoms with Crippen LogP contribution >= 0.6 is 0 Å². The predicted octanol–water partition coefficient (Wildman–Crippen LogP) is 0.835. The summed E-state index contributed by atoms with van der Waals surface area (Å²) in [5.74, 6) is 0.156. The van der Waals surface area contributed by atoms with Crippen LogP contribution in [0.5, 0.6) is 0 Å². The summed E-state index contributed by atoms with van der Waals surface area (Å²) in [7, 11) is 1.61. The van der Waals surface area contributed by atoms with E-state index in [-0.39, 0.29) is 12.0 Å². The molecule has 1 aromatic rings. The number of nitrogen functional groups attached to an aromatic ring is 1. The van der Waals surface area contributed by atoms with Crippen molar-refractivity contribution >= 4 is 17.3 Å². The Kier molecular flexibility index (Phi) is 3.95. The topological polar surface area (TPSA) is 78.6 Å². The van der Waals surface area contributed by atoms with Crippen molar-refractivity contribution in [1.29, 1.82) is 0 Å². The Labute approximate surface area is 113 Å². The average Bonchev–Trinajstić information content (AvgIpc) is 2.41. The third-order valence-electron chi connectivity index (χ3n) is 3.75.